The van der Waals surface area contributed by atoms with Crippen LogP contribution in [-0.2, 0) is 16.0 Å². The van der Waals surface area contributed by atoms with Crippen LogP contribution in [0.5, 0.6) is 11.5 Å². The van der Waals surface area contributed by atoms with Crippen molar-refractivity contribution < 1.29 is 28.5 Å². The maximum atomic E-state index is 14.7. The summed E-state index contributed by atoms with van der Waals surface area (Å²) >= 11 is 0. The molecule has 0 saturated carbocycles. The van der Waals surface area contributed by atoms with E-state index in [4.69, 9.17) is 14.2 Å². The van der Waals surface area contributed by atoms with Crippen LogP contribution < -0.4 is 14.8 Å². The van der Waals surface area contributed by atoms with Crippen LogP contribution in [0.1, 0.15) is 68.3 Å². The Morgan fingerprint density at radius 3 is 2.89 bits per heavy atom. The lowest BCUT2D eigenvalue weighted by Crippen LogP contribution is -2.34. The second-order valence-electron chi connectivity index (χ2n) is 10.0. The van der Waals surface area contributed by atoms with Crippen molar-refractivity contribution in [2.24, 2.45) is 0 Å². The van der Waals surface area contributed by atoms with Crippen molar-refractivity contribution >= 4 is 11.8 Å². The average molecular weight is 516 g/mol. The number of carboxylic acids is 1. The van der Waals surface area contributed by atoms with Gasteiger partial charge < -0.3 is 24.6 Å². The lowest BCUT2D eigenvalue weighted by Gasteiger charge is -2.27. The van der Waals surface area contributed by atoms with E-state index in [1.807, 2.05) is 30.9 Å². The second kappa shape index (κ2) is 12.6. The topological polar surface area (TPSA) is 93.2 Å². The van der Waals surface area contributed by atoms with Gasteiger partial charge in [0, 0.05) is 31.0 Å². The molecule has 0 spiro atoms. The van der Waals surface area contributed by atoms with Crippen LogP contribution in [0.3, 0.4) is 0 Å². The summed E-state index contributed by atoms with van der Waals surface area (Å²) in [5.41, 5.74) is 2.16. The number of nitrogens with zero attached hydrogens (tertiary/aromatic N) is 2. The highest BCUT2D eigenvalue weighted by Crippen LogP contribution is 2.37. The van der Waals surface area contributed by atoms with Crippen LogP contribution in [0.25, 0.3) is 0 Å². The predicted octanol–water partition coefficient (Wildman–Crippen LogP) is 4.79. The number of carboxylic acid groups (broad SMARTS) is 1. The highest BCUT2D eigenvalue weighted by molar-refractivity contribution is 5.77. The average Bonchev–Trinajstić information content (AvgIpc) is 3.33. The van der Waals surface area contributed by atoms with Crippen LogP contribution >= 0.6 is 0 Å². The van der Waals surface area contributed by atoms with Crippen molar-refractivity contribution in [2.45, 2.75) is 64.0 Å². The Bertz CT molecular complexity index is 1080. The zero-order valence-electron chi connectivity index (χ0n) is 22.0. The van der Waals surface area contributed by atoms with Gasteiger partial charge in [0.15, 0.2) is 23.1 Å². The second-order valence-corrected chi connectivity index (χ2v) is 10.0. The first-order valence-corrected chi connectivity index (χ1v) is 13.2. The SMILES string of the molecule is COc1c(F)cc(C(C)C)cc1C(C(=O)O)N1CCC(OCCCCCc2ccc3c(n2)NCCO3)C1. The van der Waals surface area contributed by atoms with Gasteiger partial charge in [-0.1, -0.05) is 20.3 Å². The zero-order valence-corrected chi connectivity index (χ0v) is 22.0. The van der Waals surface area contributed by atoms with Crippen molar-refractivity contribution in [3.05, 3.63) is 46.9 Å². The molecule has 1 aromatic heterocycles. The van der Waals surface area contributed by atoms with E-state index in [2.05, 4.69) is 10.3 Å². The van der Waals surface area contributed by atoms with E-state index < -0.39 is 17.8 Å². The number of unbranched alkanes of at least 4 members (excludes halogenated alkanes) is 2. The number of methoxy groups -OCH3 is 1. The number of fused-ring (bicyclic) bond motifs is 1. The monoisotopic (exact) mass is 515 g/mol. The van der Waals surface area contributed by atoms with Crippen LogP contribution in [0.4, 0.5) is 10.2 Å². The van der Waals surface area contributed by atoms with Gasteiger partial charge in [-0.25, -0.2) is 9.37 Å². The summed E-state index contributed by atoms with van der Waals surface area (Å²) in [6.45, 7) is 7.04. The summed E-state index contributed by atoms with van der Waals surface area (Å²) in [5, 5.41) is 13.3. The van der Waals surface area contributed by atoms with E-state index in [1.54, 1.807) is 6.07 Å². The lowest BCUT2D eigenvalue weighted by atomic mass is 9.95. The van der Waals surface area contributed by atoms with Gasteiger partial charge in [0.05, 0.1) is 19.8 Å². The Kier molecular flexibility index (Phi) is 9.21. The molecule has 37 heavy (non-hydrogen) atoms. The van der Waals surface area contributed by atoms with Gasteiger partial charge in [-0.2, -0.15) is 0 Å². The van der Waals surface area contributed by atoms with Crippen molar-refractivity contribution in [3.63, 3.8) is 0 Å². The molecule has 8 nitrogen and oxygen atoms in total. The van der Waals surface area contributed by atoms with Crippen LogP contribution in [0.2, 0.25) is 0 Å². The normalized spacial score (nSPS) is 18.2. The van der Waals surface area contributed by atoms with Crippen LogP contribution in [0.15, 0.2) is 24.3 Å². The number of likely N-dealkylation sites (tertiary alicyclic amines) is 1. The largest absolute Gasteiger partial charge is 0.493 e. The van der Waals surface area contributed by atoms with Crippen LogP contribution in [-0.4, -0.2) is 67.0 Å². The minimum atomic E-state index is -1.02. The van der Waals surface area contributed by atoms with Crippen molar-refractivity contribution in [2.75, 3.05) is 45.3 Å². The number of aromatic nitrogens is 1. The lowest BCUT2D eigenvalue weighted by molar-refractivity contribution is -0.143. The van der Waals surface area contributed by atoms with E-state index >= 15 is 0 Å². The molecular formula is C28H38FN3O5. The number of hydrogen-bond donors (Lipinski definition) is 2. The number of carbonyl (C=O) groups is 1. The van der Waals surface area contributed by atoms with Gasteiger partial charge in [-0.05, 0) is 61.4 Å². The number of anilines is 1. The number of rotatable bonds is 12. The molecule has 1 fully saturated rings. The first kappa shape index (κ1) is 27.1. The first-order chi connectivity index (χ1) is 17.9. The molecule has 2 aliphatic rings. The highest BCUT2D eigenvalue weighted by atomic mass is 19.1. The number of ether oxygens (including phenoxy) is 3. The van der Waals surface area contributed by atoms with Gasteiger partial charge in [-0.15, -0.1) is 0 Å². The van der Waals surface area contributed by atoms with Crippen LogP contribution in [0, 0.1) is 5.82 Å². The Labute approximate surface area is 218 Å². The quantitative estimate of drug-likeness (QED) is 0.390. The third kappa shape index (κ3) is 6.70. The van der Waals surface area contributed by atoms with Crippen molar-refractivity contribution in [1.82, 2.24) is 9.88 Å². The van der Waals surface area contributed by atoms with Gasteiger partial charge in [0.1, 0.15) is 12.6 Å². The molecule has 202 valence electrons. The molecule has 0 bridgehead atoms. The van der Waals surface area contributed by atoms with E-state index in [0.29, 0.717) is 31.9 Å². The molecule has 2 unspecified atom stereocenters. The van der Waals surface area contributed by atoms with Gasteiger partial charge >= 0.3 is 5.97 Å². The van der Waals surface area contributed by atoms with E-state index in [-0.39, 0.29) is 17.8 Å². The predicted molar refractivity (Wildman–Crippen MR) is 139 cm³/mol. The van der Waals surface area contributed by atoms with E-state index in [9.17, 15) is 14.3 Å². The minimum absolute atomic E-state index is 0.00195. The highest BCUT2D eigenvalue weighted by Gasteiger charge is 2.36. The summed E-state index contributed by atoms with van der Waals surface area (Å²) < 4.78 is 31.7. The van der Waals surface area contributed by atoms with Gasteiger partial charge in [-0.3, -0.25) is 9.69 Å². The molecule has 2 aromatic rings. The minimum Gasteiger partial charge on any atom is -0.493 e. The van der Waals surface area contributed by atoms with E-state index in [1.165, 1.54) is 13.2 Å². The number of aryl methyl sites for hydroxylation is 1. The summed E-state index contributed by atoms with van der Waals surface area (Å²) in [7, 11) is 1.37. The zero-order chi connectivity index (χ0) is 26.4. The summed E-state index contributed by atoms with van der Waals surface area (Å²) in [6.07, 6.45) is 4.58. The Hall–Kier alpha value is -2.91. The summed E-state index contributed by atoms with van der Waals surface area (Å²) in [5.74, 6) is 0.160. The molecule has 0 amide bonds. The third-order valence-electron chi connectivity index (χ3n) is 7.03. The number of benzene rings is 1. The number of nitrogens with one attached hydrogen (secondary N) is 1. The molecule has 9 heteroatoms. The maximum Gasteiger partial charge on any atom is 0.325 e. The van der Waals surface area contributed by atoms with Gasteiger partial charge in [0.25, 0.3) is 0 Å². The van der Waals surface area contributed by atoms with Crippen molar-refractivity contribution in [3.8, 4) is 11.5 Å². The third-order valence-corrected chi connectivity index (χ3v) is 7.03. The van der Waals surface area contributed by atoms with Crippen molar-refractivity contribution in [1.29, 1.82) is 0 Å². The summed E-state index contributed by atoms with van der Waals surface area (Å²) in [6, 6.07) is 6.20. The number of aliphatic carboxylic acids is 1. The molecule has 0 aliphatic carbocycles. The molecule has 2 atom stereocenters. The van der Waals surface area contributed by atoms with E-state index in [0.717, 1.165) is 61.5 Å². The fraction of sp³-hybridized carbons (Fsp3) is 0.571. The first-order valence-electron chi connectivity index (χ1n) is 13.2. The Morgan fingerprint density at radius 2 is 2.14 bits per heavy atom. The molecular weight excluding hydrogens is 477 g/mol. The fourth-order valence-corrected chi connectivity index (χ4v) is 5.03. The Morgan fingerprint density at radius 1 is 1.30 bits per heavy atom. The molecule has 1 aromatic carbocycles. The number of pyridine rings is 1. The molecule has 1 saturated heterocycles. The molecule has 4 rings (SSSR count). The number of hydrogen-bond acceptors (Lipinski definition) is 7. The number of halogens is 1. The molecule has 0 radical (unpaired) electrons. The summed E-state index contributed by atoms with van der Waals surface area (Å²) in [4.78, 5) is 18.8. The maximum absolute atomic E-state index is 14.7. The standard InChI is InChI=1S/C28H38FN3O5/c1-18(2)19-15-22(26(35-3)23(29)16-19)25(28(33)34)32-12-10-21(17-32)36-13-6-4-5-7-20-8-9-24-27(31-20)30-11-14-37-24/h8-9,15-16,18,21,25H,4-7,10-14,17H2,1-3H3,(H,30,31)(H,33,34). The fourth-order valence-electron chi connectivity index (χ4n) is 5.03. The molecule has 3 heterocycles. The van der Waals surface area contributed by atoms with Gasteiger partial charge in [0.2, 0.25) is 0 Å². The molecule has 2 N–H and O–H groups in total. The molecule has 2 aliphatic heterocycles. The smallest absolute Gasteiger partial charge is 0.325 e. The Balaban J connectivity index is 1.25.